The number of Topliss-reactive ketones (excluding diaryl/α,β-unsaturated/α-hetero) is 1. The van der Waals surface area contributed by atoms with Gasteiger partial charge >= 0.3 is 0 Å². The highest BCUT2D eigenvalue weighted by Crippen LogP contribution is 2.20. The highest BCUT2D eigenvalue weighted by atomic mass is 16.3. The molecule has 0 amide bonds. The lowest BCUT2D eigenvalue weighted by atomic mass is 9.99. The quantitative estimate of drug-likeness (QED) is 0.757. The molecular weight excluding hydrogens is 190 g/mol. The monoisotopic (exact) mass is 201 g/mol. The van der Waals surface area contributed by atoms with Crippen molar-refractivity contribution in [2.45, 2.75) is 13.0 Å². The molecule has 0 spiro atoms. The van der Waals surface area contributed by atoms with Crippen LogP contribution in [-0.4, -0.2) is 10.9 Å². The van der Waals surface area contributed by atoms with Gasteiger partial charge in [0, 0.05) is 5.57 Å². The normalized spacial score (nSPS) is 11.5. The van der Waals surface area contributed by atoms with Gasteiger partial charge < -0.3 is 5.11 Å². The van der Waals surface area contributed by atoms with E-state index in [0.717, 1.165) is 0 Å². The van der Waals surface area contributed by atoms with E-state index in [1.165, 1.54) is 6.92 Å². The lowest BCUT2D eigenvalue weighted by Gasteiger charge is -2.11. The van der Waals surface area contributed by atoms with Crippen LogP contribution >= 0.6 is 0 Å². The van der Waals surface area contributed by atoms with E-state index in [1.807, 2.05) is 6.07 Å². The maximum absolute atomic E-state index is 11.0. The van der Waals surface area contributed by atoms with E-state index in [2.05, 4.69) is 6.58 Å². The number of aliphatic hydroxyl groups excluding tert-OH is 1. The fourth-order valence-corrected chi connectivity index (χ4v) is 1.13. The summed E-state index contributed by atoms with van der Waals surface area (Å²) in [7, 11) is 0. The maximum atomic E-state index is 11.0. The van der Waals surface area contributed by atoms with Crippen molar-refractivity contribution in [3.63, 3.8) is 0 Å². The van der Waals surface area contributed by atoms with Gasteiger partial charge in [-0.1, -0.05) is 18.7 Å². The van der Waals surface area contributed by atoms with Gasteiger partial charge in [-0.15, -0.1) is 0 Å². The van der Waals surface area contributed by atoms with Gasteiger partial charge in [0.25, 0.3) is 0 Å². The topological polar surface area (TPSA) is 61.1 Å². The summed E-state index contributed by atoms with van der Waals surface area (Å²) in [5.74, 6) is -0.244. The molecular formula is C12H11NO2. The molecule has 1 aromatic rings. The van der Waals surface area contributed by atoms with Crippen molar-refractivity contribution >= 4 is 5.78 Å². The molecule has 76 valence electrons. The first-order valence-corrected chi connectivity index (χ1v) is 4.44. The van der Waals surface area contributed by atoms with Crippen molar-refractivity contribution in [1.29, 1.82) is 5.26 Å². The van der Waals surface area contributed by atoms with E-state index in [-0.39, 0.29) is 11.4 Å². The lowest BCUT2D eigenvalue weighted by Crippen LogP contribution is -2.07. The molecule has 1 N–H and O–H groups in total. The molecule has 0 radical (unpaired) electrons. The summed E-state index contributed by atoms with van der Waals surface area (Å²) in [6.45, 7) is 4.86. The van der Waals surface area contributed by atoms with Crippen LogP contribution in [0.5, 0.6) is 0 Å². The molecule has 0 aliphatic rings. The summed E-state index contributed by atoms with van der Waals surface area (Å²) >= 11 is 0. The number of nitrogens with zero attached hydrogens (tertiary/aromatic N) is 1. The number of hydrogen-bond donors (Lipinski definition) is 1. The summed E-state index contributed by atoms with van der Waals surface area (Å²) in [6, 6.07) is 8.37. The minimum Gasteiger partial charge on any atom is -0.384 e. The lowest BCUT2D eigenvalue weighted by molar-refractivity contribution is -0.114. The molecule has 3 nitrogen and oxygen atoms in total. The third kappa shape index (κ3) is 2.52. The van der Waals surface area contributed by atoms with Crippen LogP contribution in [0.1, 0.15) is 24.2 Å². The zero-order valence-electron chi connectivity index (χ0n) is 8.40. The number of rotatable bonds is 3. The molecule has 0 aliphatic carbocycles. The number of benzene rings is 1. The molecule has 0 aliphatic heterocycles. The molecule has 15 heavy (non-hydrogen) atoms. The molecule has 0 saturated heterocycles. The number of aliphatic hydroxyl groups is 1. The fourth-order valence-electron chi connectivity index (χ4n) is 1.13. The van der Waals surface area contributed by atoms with Crippen LogP contribution in [0.2, 0.25) is 0 Å². The highest BCUT2D eigenvalue weighted by molar-refractivity contribution is 5.93. The van der Waals surface area contributed by atoms with Crippen LogP contribution in [0.15, 0.2) is 36.4 Å². The Labute approximate surface area is 88.3 Å². The molecule has 0 aromatic heterocycles. The van der Waals surface area contributed by atoms with Crippen molar-refractivity contribution in [3.8, 4) is 6.07 Å². The first-order valence-electron chi connectivity index (χ1n) is 4.44. The van der Waals surface area contributed by atoms with Crippen molar-refractivity contribution in [1.82, 2.24) is 0 Å². The number of carbonyl (C=O) groups excluding carboxylic acids is 1. The molecule has 0 heterocycles. The molecule has 0 bridgehead atoms. The van der Waals surface area contributed by atoms with Crippen LogP contribution in [0.25, 0.3) is 0 Å². The molecule has 3 heteroatoms. The third-order valence-corrected chi connectivity index (χ3v) is 2.14. The van der Waals surface area contributed by atoms with Gasteiger partial charge in [0.15, 0.2) is 5.78 Å². The van der Waals surface area contributed by atoms with Gasteiger partial charge in [-0.3, -0.25) is 4.79 Å². The Balaban J connectivity index is 2.93. The zero-order valence-corrected chi connectivity index (χ0v) is 8.40. The minimum absolute atomic E-state index is 0.153. The van der Waals surface area contributed by atoms with Gasteiger partial charge in [-0.2, -0.15) is 5.26 Å². The summed E-state index contributed by atoms with van der Waals surface area (Å²) in [6.07, 6.45) is -0.991. The molecule has 1 rings (SSSR count). The zero-order chi connectivity index (χ0) is 11.4. The summed E-state index contributed by atoms with van der Waals surface area (Å²) in [5, 5.41) is 18.3. The standard InChI is InChI=1S/C12H11NO2/c1-8(9(2)14)12(15)11-5-3-10(7-13)4-6-11/h3-6,12,15H,1H2,2H3/t12-/m1/s1. The SMILES string of the molecule is C=C(C(C)=O)[C@@H](O)c1ccc(C#N)cc1. The third-order valence-electron chi connectivity index (χ3n) is 2.14. The summed E-state index contributed by atoms with van der Waals surface area (Å²) in [4.78, 5) is 11.0. The predicted molar refractivity (Wildman–Crippen MR) is 55.9 cm³/mol. The van der Waals surface area contributed by atoms with Crippen LogP contribution < -0.4 is 0 Å². The van der Waals surface area contributed by atoms with Crippen molar-refractivity contribution in [2.24, 2.45) is 0 Å². The average Bonchev–Trinajstić information content (AvgIpc) is 2.27. The second-order valence-electron chi connectivity index (χ2n) is 3.22. The van der Waals surface area contributed by atoms with E-state index in [1.54, 1.807) is 24.3 Å². The highest BCUT2D eigenvalue weighted by Gasteiger charge is 2.14. The van der Waals surface area contributed by atoms with Crippen LogP contribution in [0.3, 0.4) is 0 Å². The van der Waals surface area contributed by atoms with E-state index in [0.29, 0.717) is 11.1 Å². The molecule has 0 saturated carbocycles. The molecule has 0 fully saturated rings. The number of nitriles is 1. The van der Waals surface area contributed by atoms with Crippen LogP contribution in [0.4, 0.5) is 0 Å². The Morgan fingerprint density at radius 3 is 2.40 bits per heavy atom. The smallest absolute Gasteiger partial charge is 0.158 e. The Morgan fingerprint density at radius 2 is 2.00 bits per heavy atom. The molecule has 1 atom stereocenters. The van der Waals surface area contributed by atoms with Gasteiger partial charge in [-0.25, -0.2) is 0 Å². The van der Waals surface area contributed by atoms with Gasteiger partial charge in [-0.05, 0) is 24.6 Å². The number of hydrogen-bond acceptors (Lipinski definition) is 3. The van der Waals surface area contributed by atoms with E-state index in [9.17, 15) is 9.90 Å². The first-order chi connectivity index (χ1) is 7.06. The van der Waals surface area contributed by atoms with Gasteiger partial charge in [0.1, 0.15) is 6.10 Å². The van der Waals surface area contributed by atoms with Crippen molar-refractivity contribution in [3.05, 3.63) is 47.5 Å². The Hall–Kier alpha value is -1.92. The Morgan fingerprint density at radius 1 is 1.47 bits per heavy atom. The van der Waals surface area contributed by atoms with E-state index < -0.39 is 6.10 Å². The Bertz CT molecular complexity index is 426. The summed E-state index contributed by atoms with van der Waals surface area (Å²) < 4.78 is 0. The van der Waals surface area contributed by atoms with E-state index >= 15 is 0 Å². The summed E-state index contributed by atoms with van der Waals surface area (Å²) in [5.41, 5.74) is 1.23. The van der Waals surface area contributed by atoms with Crippen molar-refractivity contribution in [2.75, 3.05) is 0 Å². The van der Waals surface area contributed by atoms with E-state index in [4.69, 9.17) is 5.26 Å². The Kier molecular flexibility index (Phi) is 3.37. The largest absolute Gasteiger partial charge is 0.384 e. The maximum Gasteiger partial charge on any atom is 0.158 e. The fraction of sp³-hybridized carbons (Fsp3) is 0.167. The molecule has 1 aromatic carbocycles. The predicted octanol–water partition coefficient (Wildman–Crippen LogP) is 1.74. The second kappa shape index (κ2) is 4.54. The van der Waals surface area contributed by atoms with Crippen LogP contribution in [-0.2, 0) is 4.79 Å². The second-order valence-corrected chi connectivity index (χ2v) is 3.22. The van der Waals surface area contributed by atoms with Crippen LogP contribution in [0, 0.1) is 11.3 Å². The van der Waals surface area contributed by atoms with Gasteiger partial charge in [0.2, 0.25) is 0 Å². The minimum atomic E-state index is -0.991. The average molecular weight is 201 g/mol. The van der Waals surface area contributed by atoms with Gasteiger partial charge in [0.05, 0.1) is 11.6 Å². The number of ketones is 1. The molecule has 0 unspecified atom stereocenters. The number of carbonyl (C=O) groups is 1. The first kappa shape index (κ1) is 11.2. The van der Waals surface area contributed by atoms with Crippen molar-refractivity contribution < 1.29 is 9.90 Å².